The third-order valence-electron chi connectivity index (χ3n) is 6.85. The zero-order valence-corrected chi connectivity index (χ0v) is 20.5. The molecule has 1 aliphatic heterocycles. The molecule has 0 saturated carbocycles. The zero-order chi connectivity index (χ0) is 23.3. The van der Waals surface area contributed by atoms with E-state index in [1.807, 2.05) is 17.1 Å². The lowest BCUT2D eigenvalue weighted by Crippen LogP contribution is -2.38. The van der Waals surface area contributed by atoms with Gasteiger partial charge in [0.1, 0.15) is 0 Å². The summed E-state index contributed by atoms with van der Waals surface area (Å²) >= 11 is 18.9. The van der Waals surface area contributed by atoms with E-state index in [-0.39, 0.29) is 17.3 Å². The van der Waals surface area contributed by atoms with Crippen molar-refractivity contribution in [2.45, 2.75) is 38.5 Å². The topological polar surface area (TPSA) is 57.8 Å². The minimum atomic E-state index is -0.156. The van der Waals surface area contributed by atoms with Crippen LogP contribution in [0.2, 0.25) is 15.1 Å². The normalized spacial score (nSPS) is 22.1. The molecule has 0 radical (unpaired) electrons. The van der Waals surface area contributed by atoms with Gasteiger partial charge >= 0.3 is 0 Å². The molecule has 1 aromatic heterocycles. The van der Waals surface area contributed by atoms with Crippen LogP contribution in [0.15, 0.2) is 46.3 Å². The summed E-state index contributed by atoms with van der Waals surface area (Å²) < 4.78 is 1.12. The Bertz CT molecular complexity index is 1330. The van der Waals surface area contributed by atoms with E-state index in [1.54, 1.807) is 24.3 Å². The van der Waals surface area contributed by atoms with Gasteiger partial charge in [-0.25, -0.2) is 0 Å². The van der Waals surface area contributed by atoms with Crippen molar-refractivity contribution in [3.05, 3.63) is 78.5 Å². The monoisotopic (exact) mass is 503 g/mol. The SMILES string of the molecule is CC1C(=NN2CCCCC2)c2c(n(O)c3ccc(Cl)cc3c2=O)CC1c1ccc(Cl)cc1Cl. The third kappa shape index (κ3) is 4.01. The van der Waals surface area contributed by atoms with Crippen molar-refractivity contribution in [3.8, 4) is 0 Å². The van der Waals surface area contributed by atoms with Crippen molar-refractivity contribution in [1.82, 2.24) is 9.74 Å². The quantitative estimate of drug-likeness (QED) is 0.413. The first kappa shape index (κ1) is 22.6. The number of hydrazone groups is 1. The van der Waals surface area contributed by atoms with Crippen molar-refractivity contribution >= 4 is 51.4 Å². The van der Waals surface area contributed by atoms with Gasteiger partial charge in [0.2, 0.25) is 0 Å². The molecule has 0 spiro atoms. The fourth-order valence-electron chi connectivity index (χ4n) is 5.10. The molecule has 5 nitrogen and oxygen atoms in total. The highest BCUT2D eigenvalue weighted by Crippen LogP contribution is 2.41. The Balaban J connectivity index is 1.76. The second kappa shape index (κ2) is 8.86. The third-order valence-corrected chi connectivity index (χ3v) is 7.65. The molecule has 2 aromatic carbocycles. The standard InChI is InChI=1S/C25H24Cl3N3O2/c1-14-18(17-7-5-16(27)12-20(17)28)13-22-23(24(14)29-30-9-3-2-4-10-30)25(32)19-11-15(26)6-8-21(19)31(22)33/h5-8,11-12,14,18,33H,2-4,9-10,13H2,1H3. The number of hydrogen-bond donors (Lipinski definition) is 1. The largest absolute Gasteiger partial charge is 0.428 e. The molecule has 3 aromatic rings. The van der Waals surface area contributed by atoms with Gasteiger partial charge in [-0.05, 0) is 67.5 Å². The molecule has 33 heavy (non-hydrogen) atoms. The Hall–Kier alpha value is -2.21. The average Bonchev–Trinajstić information content (AvgIpc) is 2.80. The van der Waals surface area contributed by atoms with Crippen molar-refractivity contribution in [2.75, 3.05) is 13.1 Å². The van der Waals surface area contributed by atoms with Gasteiger partial charge in [-0.15, -0.1) is 0 Å². The number of halogens is 3. The number of fused-ring (bicyclic) bond motifs is 2. The highest BCUT2D eigenvalue weighted by atomic mass is 35.5. The lowest BCUT2D eigenvalue weighted by molar-refractivity contribution is 0.184. The van der Waals surface area contributed by atoms with E-state index in [1.165, 1.54) is 6.42 Å². The van der Waals surface area contributed by atoms with Gasteiger partial charge in [0.15, 0.2) is 5.43 Å². The summed E-state index contributed by atoms with van der Waals surface area (Å²) in [5.41, 5.74) is 2.89. The van der Waals surface area contributed by atoms with Crippen LogP contribution in [0.5, 0.6) is 0 Å². The molecule has 0 bridgehead atoms. The van der Waals surface area contributed by atoms with Crippen LogP contribution in [0.1, 0.15) is 48.9 Å². The maximum Gasteiger partial charge on any atom is 0.199 e. The van der Waals surface area contributed by atoms with Gasteiger partial charge < -0.3 is 5.21 Å². The van der Waals surface area contributed by atoms with Crippen LogP contribution < -0.4 is 5.43 Å². The van der Waals surface area contributed by atoms with Crippen molar-refractivity contribution in [3.63, 3.8) is 0 Å². The lowest BCUT2D eigenvalue weighted by atomic mass is 9.73. The van der Waals surface area contributed by atoms with Crippen molar-refractivity contribution < 1.29 is 5.21 Å². The van der Waals surface area contributed by atoms with Crippen molar-refractivity contribution in [2.24, 2.45) is 11.0 Å². The van der Waals surface area contributed by atoms with Crippen LogP contribution in [-0.4, -0.2) is 33.7 Å². The summed E-state index contributed by atoms with van der Waals surface area (Å²) in [5.74, 6) is -0.171. The van der Waals surface area contributed by atoms with Gasteiger partial charge in [0.05, 0.1) is 27.9 Å². The number of pyridine rings is 1. The zero-order valence-electron chi connectivity index (χ0n) is 18.2. The van der Waals surface area contributed by atoms with E-state index in [0.29, 0.717) is 49.4 Å². The molecule has 1 aliphatic carbocycles. The van der Waals surface area contributed by atoms with Gasteiger partial charge in [0.25, 0.3) is 0 Å². The molecule has 1 N–H and O–H groups in total. The van der Waals surface area contributed by atoms with Crippen LogP contribution in [0, 0.1) is 5.92 Å². The maximum absolute atomic E-state index is 13.7. The highest BCUT2D eigenvalue weighted by Gasteiger charge is 2.38. The number of hydrogen-bond acceptors (Lipinski definition) is 4. The molecule has 1 saturated heterocycles. The fraction of sp³-hybridized carbons (Fsp3) is 0.360. The minimum Gasteiger partial charge on any atom is -0.428 e. The summed E-state index contributed by atoms with van der Waals surface area (Å²) in [7, 11) is 0. The first-order valence-corrected chi connectivity index (χ1v) is 12.3. The molecular weight excluding hydrogens is 481 g/mol. The van der Waals surface area contributed by atoms with Crippen LogP contribution in [0.4, 0.5) is 0 Å². The number of aromatic nitrogens is 1. The Morgan fingerprint density at radius 2 is 1.70 bits per heavy atom. The number of nitrogens with zero attached hydrogens (tertiary/aromatic N) is 3. The summed E-state index contributed by atoms with van der Waals surface area (Å²) in [6.45, 7) is 3.78. The predicted molar refractivity (Wildman–Crippen MR) is 134 cm³/mol. The summed E-state index contributed by atoms with van der Waals surface area (Å²) in [4.78, 5) is 13.7. The number of piperidine rings is 1. The highest BCUT2D eigenvalue weighted by molar-refractivity contribution is 6.35. The van der Waals surface area contributed by atoms with Gasteiger partial charge in [-0.2, -0.15) is 9.83 Å². The van der Waals surface area contributed by atoms with E-state index in [2.05, 4.69) is 6.92 Å². The van der Waals surface area contributed by atoms with E-state index < -0.39 is 0 Å². The maximum atomic E-state index is 13.7. The smallest absolute Gasteiger partial charge is 0.199 e. The minimum absolute atomic E-state index is 0.0756. The molecule has 0 amide bonds. The summed E-state index contributed by atoms with van der Waals surface area (Å²) in [6, 6.07) is 10.4. The molecule has 2 unspecified atom stereocenters. The summed E-state index contributed by atoms with van der Waals surface area (Å²) in [6.07, 6.45) is 3.77. The summed E-state index contributed by atoms with van der Waals surface area (Å²) in [5, 5.41) is 20.2. The van der Waals surface area contributed by atoms with E-state index in [0.717, 1.165) is 36.2 Å². The Morgan fingerprint density at radius 3 is 2.42 bits per heavy atom. The second-order valence-corrected chi connectivity index (χ2v) is 10.2. The van der Waals surface area contributed by atoms with E-state index in [9.17, 15) is 10.0 Å². The molecule has 1 fully saturated rings. The lowest BCUT2D eigenvalue weighted by Gasteiger charge is -2.35. The molecular formula is C25H24Cl3N3O2. The van der Waals surface area contributed by atoms with Gasteiger partial charge in [-0.1, -0.05) is 47.8 Å². The molecule has 172 valence electrons. The van der Waals surface area contributed by atoms with Gasteiger partial charge in [-0.3, -0.25) is 9.80 Å². The fourth-order valence-corrected chi connectivity index (χ4v) is 5.82. The van der Waals surface area contributed by atoms with Crippen LogP contribution in [-0.2, 0) is 6.42 Å². The number of rotatable bonds is 2. The van der Waals surface area contributed by atoms with Crippen LogP contribution >= 0.6 is 34.8 Å². The Labute approximate surface area is 207 Å². The second-order valence-electron chi connectivity index (χ2n) is 8.89. The molecule has 5 rings (SSSR count). The predicted octanol–water partition coefficient (Wildman–Crippen LogP) is 6.37. The van der Waals surface area contributed by atoms with E-state index in [4.69, 9.17) is 39.9 Å². The molecule has 2 aliphatic rings. The van der Waals surface area contributed by atoms with Gasteiger partial charge in [0, 0.05) is 34.1 Å². The first-order valence-electron chi connectivity index (χ1n) is 11.2. The van der Waals surface area contributed by atoms with Crippen LogP contribution in [0.3, 0.4) is 0 Å². The first-order chi connectivity index (χ1) is 15.8. The van der Waals surface area contributed by atoms with Crippen LogP contribution in [0.25, 0.3) is 10.9 Å². The van der Waals surface area contributed by atoms with E-state index >= 15 is 0 Å². The molecule has 2 atom stereocenters. The van der Waals surface area contributed by atoms with Crippen molar-refractivity contribution in [1.29, 1.82) is 0 Å². The average molecular weight is 505 g/mol. The molecule has 2 heterocycles. The Kier molecular flexibility index (Phi) is 6.06. The Morgan fingerprint density at radius 1 is 1.00 bits per heavy atom. The number of benzene rings is 2. The molecule has 8 heteroatoms.